The normalized spacial score (nSPS) is 10.4. The predicted octanol–water partition coefficient (Wildman–Crippen LogP) is 13.9. The average Bonchev–Trinajstić information content (AvgIpc) is 0.817. The number of carboxylic acid groups (broad SMARTS) is 1. The number of benzene rings is 8. The summed E-state index contributed by atoms with van der Waals surface area (Å²) in [4.78, 5) is 83.2. The van der Waals surface area contributed by atoms with Crippen molar-refractivity contribution in [1.29, 1.82) is 0 Å². The van der Waals surface area contributed by atoms with Gasteiger partial charge in [0.05, 0.1) is 70.5 Å². The third-order valence-electron chi connectivity index (χ3n) is 17.8. The number of pyridine rings is 4. The van der Waals surface area contributed by atoms with Gasteiger partial charge in [0, 0.05) is 87.8 Å². The second-order valence-corrected chi connectivity index (χ2v) is 26.5. The van der Waals surface area contributed by atoms with Crippen molar-refractivity contribution in [3.63, 3.8) is 0 Å². The van der Waals surface area contributed by atoms with Gasteiger partial charge in [-0.3, -0.25) is 28.8 Å². The number of rotatable bonds is 35. The van der Waals surface area contributed by atoms with Gasteiger partial charge in [-0.25, -0.2) is 4.79 Å². The molecule has 8 aromatic carbocycles. The molecule has 0 radical (unpaired) electrons. The van der Waals surface area contributed by atoms with E-state index in [9.17, 15) is 38.7 Å². The van der Waals surface area contributed by atoms with E-state index in [4.69, 9.17) is 58.3 Å². The van der Waals surface area contributed by atoms with Crippen LogP contribution in [0.4, 0.5) is 0 Å². The second kappa shape index (κ2) is 52.2. The van der Waals surface area contributed by atoms with Crippen LogP contribution in [0.3, 0.4) is 0 Å². The fourth-order valence-corrected chi connectivity index (χ4v) is 11.5. The first-order valence-electron chi connectivity index (χ1n) is 38.8. The number of aromatic nitrogens is 4. The quantitative estimate of drug-likeness (QED) is 0.0212. The molecule has 0 spiro atoms. The van der Waals surface area contributed by atoms with Crippen LogP contribution in [0, 0.1) is 20.8 Å². The molecule has 13 rings (SSSR count). The van der Waals surface area contributed by atoms with E-state index in [-0.39, 0.29) is 83.3 Å². The summed E-state index contributed by atoms with van der Waals surface area (Å²) >= 11 is 0. The zero-order valence-electron chi connectivity index (χ0n) is 67.4. The maximum Gasteiger partial charge on any atom is 0.356 e. The number of nitrogens with two attached hydrogens (primary N) is 1. The summed E-state index contributed by atoms with van der Waals surface area (Å²) in [5, 5.41) is 26.3. The summed E-state index contributed by atoms with van der Waals surface area (Å²) in [6.45, 7) is 12.0. The maximum atomic E-state index is 12.2. The maximum absolute atomic E-state index is 12.2. The molecule has 0 unspecified atom stereocenters. The van der Waals surface area contributed by atoms with Gasteiger partial charge in [0.2, 0.25) is 32.9 Å². The van der Waals surface area contributed by atoms with Gasteiger partial charge in [-0.15, -0.1) is 0 Å². The number of aliphatic hydroxyl groups excluding tert-OH is 2. The zero-order chi connectivity index (χ0) is 85.3. The average molecular weight is 1630 g/mol. The van der Waals surface area contributed by atoms with Crippen molar-refractivity contribution in [2.45, 2.75) is 99.8 Å². The molecule has 624 valence electrons. The molecule has 0 amide bonds. The van der Waals surface area contributed by atoms with Crippen LogP contribution < -0.4 is 56.6 Å². The molecule has 5 heterocycles. The van der Waals surface area contributed by atoms with Gasteiger partial charge in [-0.05, 0) is 65.3 Å². The Morgan fingerprint density at radius 2 is 0.608 bits per heavy atom. The summed E-state index contributed by atoms with van der Waals surface area (Å²) in [5.74, 6) is 0.221. The number of aromatic carboxylic acids is 1. The Hall–Kier alpha value is -13.6. The lowest BCUT2D eigenvalue weighted by atomic mass is 10.2. The lowest BCUT2D eigenvalue weighted by molar-refractivity contribution is 0.0669. The number of hydrogen-bond acceptors (Lipinski definition) is 19. The van der Waals surface area contributed by atoms with Gasteiger partial charge in [-0.1, -0.05) is 243 Å². The van der Waals surface area contributed by atoms with E-state index in [1.807, 2.05) is 266 Å². The lowest BCUT2D eigenvalue weighted by Crippen LogP contribution is -2.22. The van der Waals surface area contributed by atoms with Crippen LogP contribution in [-0.4, -0.2) is 85.4 Å². The second-order valence-electron chi connectivity index (χ2n) is 26.5. The van der Waals surface area contributed by atoms with Gasteiger partial charge < -0.3 is 81.6 Å². The Morgan fingerprint density at radius 1 is 0.342 bits per heavy atom. The molecule has 0 saturated carbocycles. The van der Waals surface area contributed by atoms with Gasteiger partial charge in [0.15, 0.2) is 35.0 Å². The predicted molar refractivity (Wildman–Crippen MR) is 460 cm³/mol. The molecule has 0 bridgehead atoms. The number of aldehydes is 1. The van der Waals surface area contributed by atoms with Gasteiger partial charge in [0.1, 0.15) is 44.5 Å². The summed E-state index contributed by atoms with van der Waals surface area (Å²) in [5.41, 5.74) is 13.3. The number of carbonyl (C=O) groups excluding carboxylic acids is 1. The molecular weight excluding hydrogens is 1530 g/mol. The minimum Gasteiger partial charge on any atom is -0.483 e. The highest BCUT2D eigenvalue weighted by Crippen LogP contribution is 2.21. The monoisotopic (exact) mass is 1630 g/mol. The van der Waals surface area contributed by atoms with Crippen LogP contribution in [0.5, 0.6) is 28.7 Å². The molecule has 0 atom stereocenters. The molecule has 24 heteroatoms. The fraction of sp³-hybridized carbons (Fsp3) is 0.219. The molecule has 0 aliphatic rings. The van der Waals surface area contributed by atoms with Crippen molar-refractivity contribution in [2.75, 3.05) is 39.6 Å². The third-order valence-corrected chi connectivity index (χ3v) is 17.8. The summed E-state index contributed by atoms with van der Waals surface area (Å²) in [6, 6.07) is 84.7. The molecule has 5 aromatic heterocycles. The molecule has 120 heavy (non-hydrogen) atoms. The van der Waals surface area contributed by atoms with E-state index in [0.29, 0.717) is 109 Å². The Labute approximate surface area is 696 Å². The molecule has 24 nitrogen and oxygen atoms in total. The summed E-state index contributed by atoms with van der Waals surface area (Å²) in [6.07, 6.45) is 8.52. The summed E-state index contributed by atoms with van der Waals surface area (Å²) in [7, 11) is 0. The molecule has 13 aromatic rings. The smallest absolute Gasteiger partial charge is 0.356 e. The van der Waals surface area contributed by atoms with Crippen molar-refractivity contribution in [2.24, 2.45) is 5.73 Å². The standard InChI is InChI=1S/C22H21NO5.C22H21NO4.C22H23NO3.C15H17NO3.C13H12O3.C2H7NO/c24-19-11-12-23(13-14-27-15-17-7-3-1-4-8-17)20(22(25)26)21(19)28-16-18-9-5-2-6-10-18;24-15-20-22(27-17-19-9-5-2-6-10-19)21(25)11-12-23(20)13-14-26-16-18-7-3-1-4-8-18;1-18-22(26-17-20-10-6-3-7-11-20)21(24)12-13-23(18)14-15-25-16-19-8-4-2-5-9-19;1-12-15(14(18)7-8-16(12)9-10-17)19-11-13-5-3-2-4-6-13;1-10-13(12(14)7-8-15-10)16-9-11-5-3-2-4-6-11;3-1-2-4/h1-12H,13-16H2,(H,25,26);1-12,15H,13-14,16-17H2;2-13H,14-17H2,1H3;2-8,17H,9-11H2,1H3;2-8H,9H2,1H3;4H,1-3H2. The lowest BCUT2D eigenvalue weighted by Gasteiger charge is -2.15. The fourth-order valence-electron chi connectivity index (χ4n) is 11.5. The van der Waals surface area contributed by atoms with Crippen molar-refractivity contribution in [1.82, 2.24) is 18.3 Å². The molecular formula is C96H101N5O19. The number of aryl methyl sites for hydroxylation is 1. The first kappa shape index (κ1) is 91.9. The van der Waals surface area contributed by atoms with Crippen molar-refractivity contribution < 1.29 is 67.2 Å². The highest BCUT2D eigenvalue weighted by Gasteiger charge is 2.21. The molecule has 0 aliphatic heterocycles. The number of hydrogen-bond donors (Lipinski definition) is 4. The zero-order valence-corrected chi connectivity index (χ0v) is 67.4. The SMILES string of the molecule is Cc1c(OCc2ccccc2)c(=O)ccn1CCO.Cc1c(OCc2ccccc2)c(=O)ccn1CCOCc1ccccc1.Cc1occc(=O)c1OCc1ccccc1.NCCO.O=C(O)c1c(OCc2ccccc2)c(=O)ccn1CCOCc1ccccc1.O=Cc1c(OCc2ccccc2)c(=O)ccn1CCOCc1ccccc1. The van der Waals surface area contributed by atoms with Crippen molar-refractivity contribution in [3.05, 3.63) is 428 Å². The molecule has 5 N–H and O–H groups in total. The van der Waals surface area contributed by atoms with E-state index >= 15 is 0 Å². The van der Waals surface area contributed by atoms with Crippen LogP contribution in [0.2, 0.25) is 0 Å². The number of carbonyl (C=O) groups is 2. The Kier molecular flexibility index (Phi) is 40.0. The Balaban J connectivity index is 0.000000187. The highest BCUT2D eigenvalue weighted by molar-refractivity contribution is 5.88. The minimum absolute atomic E-state index is 0.0296. The third kappa shape index (κ3) is 31.5. The Bertz CT molecular complexity index is 5470. The van der Waals surface area contributed by atoms with Gasteiger partial charge in [-0.2, -0.15) is 0 Å². The number of carboxylic acids is 1. The van der Waals surface area contributed by atoms with Gasteiger partial charge >= 0.3 is 5.97 Å². The van der Waals surface area contributed by atoms with Crippen LogP contribution in [0.1, 0.15) is 82.6 Å². The first-order valence-corrected chi connectivity index (χ1v) is 38.8. The van der Waals surface area contributed by atoms with E-state index in [0.717, 1.165) is 55.9 Å². The van der Waals surface area contributed by atoms with Crippen LogP contribution in [0.15, 0.2) is 332 Å². The summed E-state index contributed by atoms with van der Waals surface area (Å²) < 4.78 is 57.2. The van der Waals surface area contributed by atoms with Crippen LogP contribution in [0.25, 0.3) is 0 Å². The number of ether oxygens (including phenoxy) is 8. The van der Waals surface area contributed by atoms with Crippen molar-refractivity contribution in [3.8, 4) is 28.7 Å². The Morgan fingerprint density at radius 3 is 0.933 bits per heavy atom. The van der Waals surface area contributed by atoms with Gasteiger partial charge in [0.25, 0.3) is 0 Å². The van der Waals surface area contributed by atoms with Crippen LogP contribution >= 0.6 is 0 Å². The minimum atomic E-state index is -1.22. The van der Waals surface area contributed by atoms with E-state index in [2.05, 4.69) is 0 Å². The topological polar surface area (TPSA) is 313 Å². The highest BCUT2D eigenvalue weighted by atomic mass is 16.5. The van der Waals surface area contributed by atoms with E-state index in [1.165, 1.54) is 41.3 Å². The first-order chi connectivity index (χ1) is 58.6. The number of aliphatic hydroxyl groups is 2. The van der Waals surface area contributed by atoms with E-state index in [1.54, 1.807) is 36.1 Å². The number of nitrogens with zero attached hydrogens (tertiary/aromatic N) is 4. The molecule has 0 saturated heterocycles. The molecule has 0 aliphatic carbocycles. The van der Waals surface area contributed by atoms with E-state index < -0.39 is 11.4 Å². The largest absolute Gasteiger partial charge is 0.483 e. The van der Waals surface area contributed by atoms with Crippen LogP contribution in [-0.2, 0) is 93.2 Å². The van der Waals surface area contributed by atoms with Crippen molar-refractivity contribution >= 4 is 12.3 Å². The molecule has 0 fully saturated rings.